The van der Waals surface area contributed by atoms with Gasteiger partial charge in [0.1, 0.15) is 17.5 Å². The van der Waals surface area contributed by atoms with Crippen molar-refractivity contribution >= 4 is 11.6 Å². The summed E-state index contributed by atoms with van der Waals surface area (Å²) in [6.07, 6.45) is -4.80. The van der Waals surface area contributed by atoms with Gasteiger partial charge in [0, 0.05) is 17.8 Å². The maximum atomic E-state index is 13.0. The Kier molecular flexibility index (Phi) is 7.15. The van der Waals surface area contributed by atoms with Gasteiger partial charge in [0.05, 0.1) is 7.11 Å². The van der Waals surface area contributed by atoms with Gasteiger partial charge in [-0.15, -0.1) is 13.2 Å². The van der Waals surface area contributed by atoms with E-state index in [-0.39, 0.29) is 23.8 Å². The number of halogens is 3. The summed E-state index contributed by atoms with van der Waals surface area (Å²) in [4.78, 5) is 13.0. The van der Waals surface area contributed by atoms with E-state index in [0.717, 1.165) is 0 Å². The molecule has 0 spiro atoms. The summed E-state index contributed by atoms with van der Waals surface area (Å²) in [6.45, 7) is -0.0121. The summed E-state index contributed by atoms with van der Waals surface area (Å²) in [7, 11) is 1.54. The Morgan fingerprint density at radius 2 is 1.58 bits per heavy atom. The van der Waals surface area contributed by atoms with Crippen LogP contribution in [0.2, 0.25) is 0 Å². The summed E-state index contributed by atoms with van der Waals surface area (Å²) in [5, 5.41) is 5.85. The molecule has 0 aliphatic heterocycles. The topological polar surface area (TPSA) is 59.6 Å². The third-order valence-corrected chi connectivity index (χ3v) is 4.45. The molecule has 1 amide bonds. The van der Waals surface area contributed by atoms with Crippen LogP contribution in [0.3, 0.4) is 0 Å². The highest BCUT2D eigenvalue weighted by molar-refractivity contribution is 5.95. The number of rotatable bonds is 8. The van der Waals surface area contributed by atoms with E-state index in [1.807, 2.05) is 6.07 Å². The van der Waals surface area contributed by atoms with Crippen molar-refractivity contribution in [1.82, 2.24) is 5.32 Å². The zero-order valence-corrected chi connectivity index (χ0v) is 16.6. The van der Waals surface area contributed by atoms with E-state index in [4.69, 9.17) is 4.74 Å². The number of hydrogen-bond acceptors (Lipinski definition) is 4. The van der Waals surface area contributed by atoms with Gasteiger partial charge >= 0.3 is 6.36 Å². The highest BCUT2D eigenvalue weighted by atomic mass is 19.4. The molecule has 162 valence electrons. The van der Waals surface area contributed by atoms with Crippen LogP contribution in [0.25, 0.3) is 0 Å². The molecule has 3 aromatic carbocycles. The van der Waals surface area contributed by atoms with Crippen LogP contribution in [0, 0.1) is 0 Å². The number of carbonyl (C=O) groups is 1. The molecule has 0 fully saturated rings. The first-order valence-electron chi connectivity index (χ1n) is 9.42. The summed E-state index contributed by atoms with van der Waals surface area (Å²) in [6, 6.07) is 20.7. The van der Waals surface area contributed by atoms with Crippen molar-refractivity contribution in [3.63, 3.8) is 0 Å². The van der Waals surface area contributed by atoms with E-state index < -0.39 is 12.4 Å². The van der Waals surface area contributed by atoms with E-state index in [2.05, 4.69) is 15.4 Å². The van der Waals surface area contributed by atoms with Crippen LogP contribution in [-0.4, -0.2) is 19.4 Å². The number of amides is 1. The van der Waals surface area contributed by atoms with Crippen molar-refractivity contribution in [3.8, 4) is 11.5 Å². The molecule has 0 saturated carbocycles. The Morgan fingerprint density at radius 3 is 2.23 bits per heavy atom. The number of para-hydroxylation sites is 1. The molecule has 8 heteroatoms. The van der Waals surface area contributed by atoms with Gasteiger partial charge in [-0.25, -0.2) is 0 Å². The van der Waals surface area contributed by atoms with Crippen molar-refractivity contribution in [1.29, 1.82) is 0 Å². The maximum Gasteiger partial charge on any atom is 0.573 e. The second-order valence-corrected chi connectivity index (χ2v) is 6.60. The third kappa shape index (κ3) is 6.48. The average molecular weight is 430 g/mol. The number of anilines is 1. The molecule has 2 N–H and O–H groups in total. The van der Waals surface area contributed by atoms with Gasteiger partial charge in [-0.2, -0.15) is 0 Å². The molecule has 0 radical (unpaired) electrons. The van der Waals surface area contributed by atoms with E-state index in [0.29, 0.717) is 17.0 Å². The molecule has 0 saturated heterocycles. The number of methoxy groups -OCH3 is 1. The van der Waals surface area contributed by atoms with E-state index in [9.17, 15) is 18.0 Å². The van der Waals surface area contributed by atoms with Crippen LogP contribution < -0.4 is 20.1 Å². The van der Waals surface area contributed by atoms with Gasteiger partial charge in [-0.1, -0.05) is 48.5 Å². The largest absolute Gasteiger partial charge is 0.573 e. The lowest BCUT2D eigenvalue weighted by molar-refractivity contribution is -0.274. The molecule has 5 nitrogen and oxygen atoms in total. The molecule has 3 aromatic rings. The number of ether oxygens (including phenoxy) is 2. The molecule has 0 bridgehead atoms. The zero-order valence-electron chi connectivity index (χ0n) is 16.6. The van der Waals surface area contributed by atoms with Crippen LogP contribution in [0.4, 0.5) is 18.9 Å². The second-order valence-electron chi connectivity index (χ2n) is 6.60. The molecule has 0 aliphatic carbocycles. The van der Waals surface area contributed by atoms with Crippen LogP contribution >= 0.6 is 0 Å². The normalized spacial score (nSPS) is 12.1. The van der Waals surface area contributed by atoms with Crippen molar-refractivity contribution < 1.29 is 27.4 Å². The van der Waals surface area contributed by atoms with Crippen molar-refractivity contribution in [2.24, 2.45) is 0 Å². The molecule has 0 heterocycles. The first kappa shape index (κ1) is 22.2. The highest BCUT2D eigenvalue weighted by Crippen LogP contribution is 2.27. The Morgan fingerprint density at radius 1 is 0.935 bits per heavy atom. The van der Waals surface area contributed by atoms with Gasteiger partial charge < -0.3 is 14.8 Å². The number of benzene rings is 3. The predicted octanol–water partition coefficient (Wildman–Crippen LogP) is 5.06. The van der Waals surface area contributed by atoms with E-state index in [1.54, 1.807) is 61.7 Å². The Hall–Kier alpha value is -3.52. The first-order valence-corrected chi connectivity index (χ1v) is 9.42. The molecular weight excluding hydrogens is 409 g/mol. The molecule has 0 aromatic heterocycles. The van der Waals surface area contributed by atoms with Crippen LogP contribution in [0.15, 0.2) is 78.9 Å². The maximum absolute atomic E-state index is 13.0. The smallest absolute Gasteiger partial charge is 0.497 e. The molecule has 1 unspecified atom stereocenters. The lowest BCUT2D eigenvalue weighted by Crippen LogP contribution is -2.33. The van der Waals surface area contributed by atoms with Crippen molar-refractivity contribution in [2.45, 2.75) is 18.9 Å². The molecule has 3 rings (SSSR count). The molecule has 31 heavy (non-hydrogen) atoms. The number of alkyl halides is 3. The standard InChI is InChI=1S/C23H21F3N2O3/c1-30-19-13-11-18(12-14-19)28-22(29)21(16-7-3-2-4-8-16)27-15-17-9-5-6-10-20(17)31-23(24,25)26/h2-14,21,27H,15H2,1H3,(H,28,29). The molecular formula is C23H21F3N2O3. The lowest BCUT2D eigenvalue weighted by atomic mass is 10.1. The van der Waals surface area contributed by atoms with Crippen LogP contribution in [0.1, 0.15) is 17.2 Å². The molecule has 0 aliphatic rings. The van der Waals surface area contributed by atoms with E-state index in [1.165, 1.54) is 18.2 Å². The lowest BCUT2D eigenvalue weighted by Gasteiger charge is -2.20. The Balaban J connectivity index is 1.78. The molecule has 1 atom stereocenters. The van der Waals surface area contributed by atoms with Gasteiger partial charge in [-0.05, 0) is 35.9 Å². The van der Waals surface area contributed by atoms with Gasteiger partial charge in [0.15, 0.2) is 0 Å². The summed E-state index contributed by atoms with van der Waals surface area (Å²) in [5.41, 5.74) is 1.51. The van der Waals surface area contributed by atoms with Crippen LogP contribution in [0.5, 0.6) is 11.5 Å². The fraction of sp³-hybridized carbons (Fsp3) is 0.174. The summed E-state index contributed by atoms with van der Waals surface area (Å²) < 4.78 is 47.3. The predicted molar refractivity (Wildman–Crippen MR) is 111 cm³/mol. The minimum atomic E-state index is -4.80. The van der Waals surface area contributed by atoms with Gasteiger partial charge in [0.2, 0.25) is 5.91 Å². The first-order chi connectivity index (χ1) is 14.9. The fourth-order valence-corrected chi connectivity index (χ4v) is 2.98. The quantitative estimate of drug-likeness (QED) is 0.524. The fourth-order valence-electron chi connectivity index (χ4n) is 2.98. The number of hydrogen-bond donors (Lipinski definition) is 2. The van der Waals surface area contributed by atoms with Crippen molar-refractivity contribution in [2.75, 3.05) is 12.4 Å². The average Bonchev–Trinajstić information content (AvgIpc) is 2.75. The second kappa shape index (κ2) is 9.99. The van der Waals surface area contributed by atoms with Gasteiger partial charge in [0.25, 0.3) is 0 Å². The minimum Gasteiger partial charge on any atom is -0.497 e. The van der Waals surface area contributed by atoms with Crippen LogP contribution in [-0.2, 0) is 11.3 Å². The van der Waals surface area contributed by atoms with E-state index >= 15 is 0 Å². The number of carbonyl (C=O) groups excluding carboxylic acids is 1. The highest BCUT2D eigenvalue weighted by Gasteiger charge is 2.32. The number of nitrogens with one attached hydrogen (secondary N) is 2. The summed E-state index contributed by atoms with van der Waals surface area (Å²) >= 11 is 0. The SMILES string of the molecule is COc1ccc(NC(=O)C(NCc2ccccc2OC(F)(F)F)c2ccccc2)cc1. The summed E-state index contributed by atoms with van der Waals surface area (Å²) in [5.74, 6) is -0.0209. The zero-order chi connectivity index (χ0) is 22.3. The Labute approximate surface area is 177 Å². The Bertz CT molecular complexity index is 993. The monoisotopic (exact) mass is 430 g/mol. The van der Waals surface area contributed by atoms with Crippen molar-refractivity contribution in [3.05, 3.63) is 90.0 Å². The van der Waals surface area contributed by atoms with Gasteiger partial charge in [-0.3, -0.25) is 10.1 Å². The minimum absolute atomic E-state index is 0.0121. The third-order valence-electron chi connectivity index (χ3n) is 4.45.